The number of carboxylic acids is 1. The van der Waals surface area contributed by atoms with E-state index in [9.17, 15) is 9.90 Å². The molecular formula is C15H23N3O2. The summed E-state index contributed by atoms with van der Waals surface area (Å²) in [5.74, 6) is 0.335. The van der Waals surface area contributed by atoms with Crippen molar-refractivity contribution in [2.24, 2.45) is 5.92 Å². The minimum atomic E-state index is -1.000. The highest BCUT2D eigenvalue weighted by molar-refractivity contribution is 5.91. The molecule has 0 spiro atoms. The van der Waals surface area contributed by atoms with Gasteiger partial charge in [-0.2, -0.15) is 0 Å². The predicted molar refractivity (Wildman–Crippen MR) is 78.1 cm³/mol. The van der Waals surface area contributed by atoms with Crippen LogP contribution < -0.4 is 5.32 Å². The molecule has 1 heterocycles. The van der Waals surface area contributed by atoms with E-state index in [1.54, 1.807) is 6.20 Å². The summed E-state index contributed by atoms with van der Waals surface area (Å²) in [6.45, 7) is 4.72. The Morgan fingerprint density at radius 3 is 2.70 bits per heavy atom. The molecule has 1 aliphatic carbocycles. The molecule has 0 radical (unpaired) electrons. The number of hydrogen-bond acceptors (Lipinski definition) is 4. The number of nitrogens with zero attached hydrogens (tertiary/aromatic N) is 2. The van der Waals surface area contributed by atoms with Gasteiger partial charge in [-0.1, -0.05) is 33.1 Å². The van der Waals surface area contributed by atoms with Crippen molar-refractivity contribution in [3.63, 3.8) is 0 Å². The summed E-state index contributed by atoms with van der Waals surface area (Å²) in [5, 5.41) is 12.5. The molecule has 1 saturated carbocycles. The zero-order chi connectivity index (χ0) is 14.5. The van der Waals surface area contributed by atoms with E-state index in [1.165, 1.54) is 32.1 Å². The summed E-state index contributed by atoms with van der Waals surface area (Å²) in [5.41, 5.74) is 0.618. The Balaban J connectivity index is 2.07. The Morgan fingerprint density at radius 1 is 1.40 bits per heavy atom. The standard InChI is InChI=1S/C15H23N3O2/c1-10(2)14-17-9-12(13(18-14)15(19)20)16-8-11-6-4-3-5-7-11/h9-11,16H,3-8H2,1-2H3,(H,19,20). The van der Waals surface area contributed by atoms with Crippen LogP contribution in [0.5, 0.6) is 0 Å². The van der Waals surface area contributed by atoms with E-state index >= 15 is 0 Å². The van der Waals surface area contributed by atoms with Crippen molar-refractivity contribution in [3.05, 3.63) is 17.7 Å². The van der Waals surface area contributed by atoms with Crippen LogP contribution in [0.3, 0.4) is 0 Å². The van der Waals surface area contributed by atoms with Crippen molar-refractivity contribution in [3.8, 4) is 0 Å². The lowest BCUT2D eigenvalue weighted by Gasteiger charge is -2.22. The first-order valence-electron chi connectivity index (χ1n) is 7.42. The molecule has 1 fully saturated rings. The van der Waals surface area contributed by atoms with E-state index in [1.807, 2.05) is 13.8 Å². The SMILES string of the molecule is CC(C)c1ncc(NCC2CCCCC2)c(C(=O)O)n1. The van der Waals surface area contributed by atoms with Crippen molar-refractivity contribution in [2.45, 2.75) is 51.9 Å². The highest BCUT2D eigenvalue weighted by atomic mass is 16.4. The number of rotatable bonds is 5. The van der Waals surface area contributed by atoms with Gasteiger partial charge in [-0.3, -0.25) is 0 Å². The molecule has 2 N–H and O–H groups in total. The van der Waals surface area contributed by atoms with Gasteiger partial charge in [-0.15, -0.1) is 0 Å². The molecule has 110 valence electrons. The number of hydrogen-bond donors (Lipinski definition) is 2. The van der Waals surface area contributed by atoms with E-state index in [0.717, 1.165) is 6.54 Å². The molecule has 1 aliphatic rings. The number of carboxylic acid groups (broad SMARTS) is 1. The molecule has 0 bridgehead atoms. The lowest BCUT2D eigenvalue weighted by atomic mass is 9.89. The average Bonchev–Trinajstić information content (AvgIpc) is 2.45. The van der Waals surface area contributed by atoms with Crippen LogP contribution in [-0.4, -0.2) is 27.6 Å². The zero-order valence-corrected chi connectivity index (χ0v) is 12.2. The maximum absolute atomic E-state index is 11.3. The minimum Gasteiger partial charge on any atom is -0.476 e. The molecule has 5 nitrogen and oxygen atoms in total. The number of anilines is 1. The molecule has 1 aromatic heterocycles. The fourth-order valence-corrected chi connectivity index (χ4v) is 2.61. The van der Waals surface area contributed by atoms with Crippen molar-refractivity contribution < 1.29 is 9.90 Å². The fraction of sp³-hybridized carbons (Fsp3) is 0.667. The molecule has 0 aliphatic heterocycles. The van der Waals surface area contributed by atoms with E-state index in [4.69, 9.17) is 0 Å². The monoisotopic (exact) mass is 277 g/mol. The Labute approximate surface area is 119 Å². The molecule has 0 amide bonds. The molecule has 20 heavy (non-hydrogen) atoms. The van der Waals surface area contributed by atoms with Crippen molar-refractivity contribution in [1.29, 1.82) is 0 Å². The molecule has 0 unspecified atom stereocenters. The zero-order valence-electron chi connectivity index (χ0n) is 12.2. The number of carbonyl (C=O) groups is 1. The molecule has 0 saturated heterocycles. The predicted octanol–water partition coefficient (Wildman–Crippen LogP) is 3.29. The van der Waals surface area contributed by atoms with Crippen LogP contribution in [0.25, 0.3) is 0 Å². The molecular weight excluding hydrogens is 254 g/mol. The highest BCUT2D eigenvalue weighted by Crippen LogP contribution is 2.24. The molecule has 5 heteroatoms. The Kier molecular flexibility index (Phi) is 4.93. The largest absolute Gasteiger partial charge is 0.476 e. The van der Waals surface area contributed by atoms with Crippen LogP contribution in [-0.2, 0) is 0 Å². The third-order valence-electron chi connectivity index (χ3n) is 3.83. The first-order valence-corrected chi connectivity index (χ1v) is 7.42. The van der Waals surface area contributed by atoms with E-state index < -0.39 is 5.97 Å². The van der Waals surface area contributed by atoms with Gasteiger partial charge in [0.2, 0.25) is 0 Å². The summed E-state index contributed by atoms with van der Waals surface area (Å²) in [7, 11) is 0. The van der Waals surface area contributed by atoms with E-state index in [-0.39, 0.29) is 11.6 Å². The molecule has 1 aromatic rings. The van der Waals surface area contributed by atoms with Crippen molar-refractivity contribution in [1.82, 2.24) is 9.97 Å². The van der Waals surface area contributed by atoms with E-state index in [0.29, 0.717) is 17.4 Å². The third kappa shape index (κ3) is 3.68. The molecule has 0 atom stereocenters. The van der Waals surface area contributed by atoms with Crippen LogP contribution in [0.15, 0.2) is 6.20 Å². The lowest BCUT2D eigenvalue weighted by molar-refractivity contribution is 0.0691. The Hall–Kier alpha value is -1.65. The van der Waals surface area contributed by atoms with Crippen molar-refractivity contribution in [2.75, 3.05) is 11.9 Å². The Morgan fingerprint density at radius 2 is 2.10 bits per heavy atom. The molecule has 0 aromatic carbocycles. The van der Waals surface area contributed by atoms with Crippen LogP contribution in [0.2, 0.25) is 0 Å². The maximum atomic E-state index is 11.3. The topological polar surface area (TPSA) is 75.1 Å². The lowest BCUT2D eigenvalue weighted by Crippen LogP contribution is -2.19. The van der Waals surface area contributed by atoms with Gasteiger partial charge in [-0.25, -0.2) is 14.8 Å². The number of aromatic nitrogens is 2. The number of nitrogens with one attached hydrogen (secondary N) is 1. The van der Waals surface area contributed by atoms with Crippen molar-refractivity contribution >= 4 is 11.7 Å². The van der Waals surface area contributed by atoms with Gasteiger partial charge < -0.3 is 10.4 Å². The van der Waals surface area contributed by atoms with Crippen LogP contribution >= 0.6 is 0 Å². The second-order valence-corrected chi connectivity index (χ2v) is 5.84. The van der Waals surface area contributed by atoms with Gasteiger partial charge >= 0.3 is 5.97 Å². The van der Waals surface area contributed by atoms with Gasteiger partial charge in [0, 0.05) is 12.5 Å². The van der Waals surface area contributed by atoms with E-state index in [2.05, 4.69) is 15.3 Å². The summed E-state index contributed by atoms with van der Waals surface area (Å²) in [6, 6.07) is 0. The minimum absolute atomic E-state index is 0.0829. The summed E-state index contributed by atoms with van der Waals surface area (Å²) in [4.78, 5) is 19.7. The fourth-order valence-electron chi connectivity index (χ4n) is 2.61. The van der Waals surface area contributed by atoms with Gasteiger partial charge in [0.25, 0.3) is 0 Å². The first kappa shape index (κ1) is 14.8. The molecule has 2 rings (SSSR count). The van der Waals surface area contributed by atoms with Gasteiger partial charge in [0.05, 0.1) is 11.9 Å². The second-order valence-electron chi connectivity index (χ2n) is 5.84. The van der Waals surface area contributed by atoms with Crippen LogP contribution in [0.4, 0.5) is 5.69 Å². The third-order valence-corrected chi connectivity index (χ3v) is 3.83. The first-order chi connectivity index (χ1) is 9.58. The average molecular weight is 277 g/mol. The van der Waals surface area contributed by atoms with Gasteiger partial charge in [0.1, 0.15) is 5.82 Å². The number of aromatic carboxylic acids is 1. The van der Waals surface area contributed by atoms with Crippen LogP contribution in [0.1, 0.15) is 68.2 Å². The van der Waals surface area contributed by atoms with Crippen LogP contribution in [0, 0.1) is 5.92 Å². The van der Waals surface area contributed by atoms with Gasteiger partial charge in [-0.05, 0) is 18.8 Å². The second kappa shape index (κ2) is 6.68. The highest BCUT2D eigenvalue weighted by Gasteiger charge is 2.18. The quantitative estimate of drug-likeness (QED) is 0.863. The van der Waals surface area contributed by atoms with Gasteiger partial charge in [0.15, 0.2) is 5.69 Å². The smallest absolute Gasteiger partial charge is 0.356 e. The summed E-state index contributed by atoms with van der Waals surface area (Å²) in [6.07, 6.45) is 7.93. The summed E-state index contributed by atoms with van der Waals surface area (Å²) >= 11 is 0. The maximum Gasteiger partial charge on any atom is 0.356 e. The summed E-state index contributed by atoms with van der Waals surface area (Å²) < 4.78 is 0. The normalized spacial score (nSPS) is 16.4. The Bertz CT molecular complexity index is 468.